The highest BCUT2D eigenvalue weighted by molar-refractivity contribution is 4.85. The lowest BCUT2D eigenvalue weighted by Crippen LogP contribution is -2.45. The molecule has 0 radical (unpaired) electrons. The Hall–Kier alpha value is -0.120. The van der Waals surface area contributed by atoms with Gasteiger partial charge in [-0.25, -0.2) is 0 Å². The fourth-order valence-corrected chi connectivity index (χ4v) is 2.27. The van der Waals surface area contributed by atoms with Crippen molar-refractivity contribution in [3.63, 3.8) is 0 Å². The van der Waals surface area contributed by atoms with E-state index in [1.807, 2.05) is 0 Å². The molecule has 0 bridgehead atoms. The fourth-order valence-electron chi connectivity index (χ4n) is 2.27. The molecule has 0 spiro atoms. The zero-order valence-corrected chi connectivity index (χ0v) is 8.04. The van der Waals surface area contributed by atoms with E-state index >= 15 is 0 Å². The maximum Gasteiger partial charge on any atom is 0.0948 e. The van der Waals surface area contributed by atoms with Crippen LogP contribution in [0.4, 0.5) is 0 Å². The first kappa shape index (κ1) is 9.44. The number of hydrogen-bond acceptors (Lipinski definition) is 3. The second-order valence-corrected chi connectivity index (χ2v) is 4.21. The van der Waals surface area contributed by atoms with Crippen LogP contribution in [0.15, 0.2) is 0 Å². The summed E-state index contributed by atoms with van der Waals surface area (Å²) in [6.45, 7) is 1.18. The van der Waals surface area contributed by atoms with Crippen molar-refractivity contribution in [1.29, 1.82) is 0 Å². The average Bonchev–Trinajstić information content (AvgIpc) is 2.54. The molecule has 2 aliphatic rings. The molecule has 0 amide bonds. The van der Waals surface area contributed by atoms with Crippen molar-refractivity contribution in [3.8, 4) is 0 Å². The number of aliphatic hydroxyl groups is 1. The molecule has 2 N–H and O–H groups in total. The largest absolute Gasteiger partial charge is 0.389 e. The molecule has 13 heavy (non-hydrogen) atoms. The standard InChI is InChI=1S/C10H19NO2/c12-10-7-13-6-9(10)11-8-4-2-1-3-5-8/h8-12H,1-7H2/t9-,10+/m1/s1. The Morgan fingerprint density at radius 2 is 1.85 bits per heavy atom. The van der Waals surface area contributed by atoms with E-state index in [4.69, 9.17) is 4.74 Å². The van der Waals surface area contributed by atoms with Crippen molar-refractivity contribution < 1.29 is 9.84 Å². The van der Waals surface area contributed by atoms with Gasteiger partial charge in [-0.15, -0.1) is 0 Å². The van der Waals surface area contributed by atoms with Crippen molar-refractivity contribution in [2.75, 3.05) is 13.2 Å². The summed E-state index contributed by atoms with van der Waals surface area (Å²) in [5, 5.41) is 13.0. The third kappa shape index (κ3) is 2.42. The SMILES string of the molecule is O[C@H]1COC[C@H]1NC1CCCCC1. The average molecular weight is 185 g/mol. The normalized spacial score (nSPS) is 36.7. The zero-order valence-electron chi connectivity index (χ0n) is 8.04. The van der Waals surface area contributed by atoms with Gasteiger partial charge in [0.05, 0.1) is 25.4 Å². The van der Waals surface area contributed by atoms with Crippen LogP contribution < -0.4 is 5.32 Å². The van der Waals surface area contributed by atoms with Crippen molar-refractivity contribution in [2.45, 2.75) is 50.3 Å². The van der Waals surface area contributed by atoms with E-state index in [-0.39, 0.29) is 12.1 Å². The molecule has 1 heterocycles. The zero-order chi connectivity index (χ0) is 9.10. The first-order chi connectivity index (χ1) is 6.36. The minimum atomic E-state index is -0.290. The molecule has 0 unspecified atom stereocenters. The van der Waals surface area contributed by atoms with Crippen molar-refractivity contribution in [2.24, 2.45) is 0 Å². The van der Waals surface area contributed by atoms with Crippen molar-refractivity contribution in [3.05, 3.63) is 0 Å². The molecular formula is C10H19NO2. The van der Waals surface area contributed by atoms with Crippen molar-refractivity contribution >= 4 is 0 Å². The molecule has 3 nitrogen and oxygen atoms in total. The number of nitrogens with one attached hydrogen (secondary N) is 1. The van der Waals surface area contributed by atoms with Gasteiger partial charge >= 0.3 is 0 Å². The van der Waals surface area contributed by atoms with Crippen LogP contribution in [0.5, 0.6) is 0 Å². The first-order valence-corrected chi connectivity index (χ1v) is 5.38. The van der Waals surface area contributed by atoms with E-state index in [2.05, 4.69) is 5.32 Å². The number of aliphatic hydroxyl groups excluding tert-OH is 1. The lowest BCUT2D eigenvalue weighted by atomic mass is 9.94. The summed E-state index contributed by atoms with van der Waals surface area (Å²) in [6.07, 6.45) is 6.29. The first-order valence-electron chi connectivity index (χ1n) is 5.38. The molecule has 2 atom stereocenters. The van der Waals surface area contributed by atoms with Crippen LogP contribution in [0.1, 0.15) is 32.1 Å². The summed E-state index contributed by atoms with van der Waals surface area (Å²) in [4.78, 5) is 0. The topological polar surface area (TPSA) is 41.5 Å². The Morgan fingerprint density at radius 3 is 2.46 bits per heavy atom. The summed E-state index contributed by atoms with van der Waals surface area (Å²) in [6, 6.07) is 0.804. The summed E-state index contributed by atoms with van der Waals surface area (Å²) in [7, 11) is 0. The van der Waals surface area contributed by atoms with Gasteiger partial charge in [0.15, 0.2) is 0 Å². The molecule has 0 aromatic heterocycles. The van der Waals surface area contributed by atoms with Crippen LogP contribution >= 0.6 is 0 Å². The highest BCUT2D eigenvalue weighted by atomic mass is 16.5. The predicted octanol–water partition coefficient (Wildman–Crippen LogP) is 0.668. The minimum Gasteiger partial charge on any atom is -0.389 e. The predicted molar refractivity (Wildman–Crippen MR) is 50.6 cm³/mol. The maximum atomic E-state index is 9.53. The summed E-state index contributed by atoms with van der Waals surface area (Å²) in [5.74, 6) is 0. The molecule has 1 aliphatic carbocycles. The Balaban J connectivity index is 1.75. The third-order valence-electron chi connectivity index (χ3n) is 3.11. The molecule has 0 aromatic carbocycles. The van der Waals surface area contributed by atoms with E-state index in [9.17, 15) is 5.11 Å². The van der Waals surface area contributed by atoms with Gasteiger partial charge in [-0.2, -0.15) is 0 Å². The van der Waals surface area contributed by atoms with Gasteiger partial charge in [-0.3, -0.25) is 0 Å². The molecule has 1 saturated heterocycles. The van der Waals surface area contributed by atoms with Gasteiger partial charge in [0, 0.05) is 6.04 Å². The second kappa shape index (κ2) is 4.40. The smallest absolute Gasteiger partial charge is 0.0948 e. The van der Waals surface area contributed by atoms with E-state index in [1.54, 1.807) is 0 Å². The molecule has 1 saturated carbocycles. The molecule has 1 aliphatic heterocycles. The van der Waals surface area contributed by atoms with Crippen molar-refractivity contribution in [1.82, 2.24) is 5.32 Å². The quantitative estimate of drug-likeness (QED) is 0.664. The van der Waals surface area contributed by atoms with Crippen LogP contribution in [0.2, 0.25) is 0 Å². The Morgan fingerprint density at radius 1 is 1.08 bits per heavy atom. The molecular weight excluding hydrogens is 166 g/mol. The van der Waals surface area contributed by atoms with E-state index in [1.165, 1.54) is 32.1 Å². The van der Waals surface area contributed by atoms with E-state index < -0.39 is 0 Å². The summed E-state index contributed by atoms with van der Waals surface area (Å²) in [5.41, 5.74) is 0. The maximum absolute atomic E-state index is 9.53. The Kier molecular flexibility index (Phi) is 3.19. The molecule has 76 valence electrons. The van der Waals surface area contributed by atoms with Gasteiger partial charge < -0.3 is 15.2 Å². The number of rotatable bonds is 2. The van der Waals surface area contributed by atoms with E-state index in [0.29, 0.717) is 19.3 Å². The molecule has 2 rings (SSSR count). The Labute approximate surface area is 79.5 Å². The van der Waals surface area contributed by atoms with Crippen LogP contribution in [0, 0.1) is 0 Å². The van der Waals surface area contributed by atoms with E-state index in [0.717, 1.165) is 0 Å². The molecule has 3 heteroatoms. The van der Waals surface area contributed by atoms with Crippen LogP contribution in [0.3, 0.4) is 0 Å². The van der Waals surface area contributed by atoms with Gasteiger partial charge in [-0.05, 0) is 12.8 Å². The number of ether oxygens (including phenoxy) is 1. The molecule has 0 aromatic rings. The minimum absolute atomic E-state index is 0.183. The monoisotopic (exact) mass is 185 g/mol. The lowest BCUT2D eigenvalue weighted by Gasteiger charge is -2.26. The molecule has 2 fully saturated rings. The van der Waals surface area contributed by atoms with Gasteiger partial charge in [0.1, 0.15) is 0 Å². The van der Waals surface area contributed by atoms with Gasteiger partial charge in [0.25, 0.3) is 0 Å². The highest BCUT2D eigenvalue weighted by Gasteiger charge is 2.28. The number of hydrogen-bond donors (Lipinski definition) is 2. The Bertz CT molecular complexity index is 157. The van der Waals surface area contributed by atoms with Crippen LogP contribution in [-0.4, -0.2) is 36.5 Å². The van der Waals surface area contributed by atoms with Crippen LogP contribution in [0.25, 0.3) is 0 Å². The second-order valence-electron chi connectivity index (χ2n) is 4.21. The van der Waals surface area contributed by atoms with Crippen LogP contribution in [-0.2, 0) is 4.74 Å². The third-order valence-corrected chi connectivity index (χ3v) is 3.11. The summed E-state index contributed by atoms with van der Waals surface area (Å²) >= 11 is 0. The highest BCUT2D eigenvalue weighted by Crippen LogP contribution is 2.19. The fraction of sp³-hybridized carbons (Fsp3) is 1.00. The lowest BCUT2D eigenvalue weighted by molar-refractivity contribution is 0.120. The summed E-state index contributed by atoms with van der Waals surface area (Å²) < 4.78 is 5.20. The van der Waals surface area contributed by atoms with Gasteiger partial charge in [0.2, 0.25) is 0 Å². The van der Waals surface area contributed by atoms with Gasteiger partial charge in [-0.1, -0.05) is 19.3 Å².